The number of carbonyl (C=O) groups excluding carboxylic acids is 1. The van der Waals surface area contributed by atoms with Gasteiger partial charge < -0.3 is 5.32 Å². The van der Waals surface area contributed by atoms with E-state index in [9.17, 15) is 4.79 Å². The van der Waals surface area contributed by atoms with Gasteiger partial charge in [-0.15, -0.1) is 10.2 Å². The fourth-order valence-corrected chi connectivity index (χ4v) is 6.73. The molecule has 0 spiro atoms. The smallest absolute Gasteiger partial charge is 0.243 e. The van der Waals surface area contributed by atoms with Crippen LogP contribution in [0.2, 0.25) is 0 Å². The first kappa shape index (κ1) is 16.4. The lowest BCUT2D eigenvalue weighted by Crippen LogP contribution is -2.56. The van der Waals surface area contributed by atoms with E-state index in [1.165, 1.54) is 43.3 Å². The van der Waals surface area contributed by atoms with Crippen molar-refractivity contribution in [1.29, 1.82) is 0 Å². The van der Waals surface area contributed by atoms with E-state index < -0.39 is 0 Å². The molecule has 4 aliphatic rings. The number of nitrogens with one attached hydrogen (secondary N) is 1. The Bertz CT molecular complexity index is 763. The zero-order valence-corrected chi connectivity index (χ0v) is 15.9. The molecule has 4 saturated carbocycles. The third kappa shape index (κ3) is 2.86. The summed E-state index contributed by atoms with van der Waals surface area (Å²) in [6.45, 7) is 2.34. The fourth-order valence-electron chi connectivity index (χ4n) is 6.09. The number of hydrogen-bond acceptors (Lipinski definition) is 5. The standard InChI is InChI=1S/C19H25N5OS/c1-12(19-7-13-4-14(8-19)6-15(5-13)9-19)20-17(25)10-24-22-18(21-23-24)16-2-3-26-11-16/h2-3,11-15H,4-10H2,1H3,(H,20,25)/t12-,13?,14?,15?,19?/m1/s1. The van der Waals surface area contributed by atoms with Crippen molar-refractivity contribution in [3.05, 3.63) is 16.8 Å². The van der Waals surface area contributed by atoms with Crippen LogP contribution < -0.4 is 5.32 Å². The Morgan fingerprint density at radius 3 is 2.62 bits per heavy atom. The van der Waals surface area contributed by atoms with E-state index in [-0.39, 0.29) is 18.5 Å². The van der Waals surface area contributed by atoms with E-state index >= 15 is 0 Å². The molecule has 4 bridgehead atoms. The van der Waals surface area contributed by atoms with Gasteiger partial charge in [-0.3, -0.25) is 4.79 Å². The van der Waals surface area contributed by atoms with Crippen molar-refractivity contribution in [2.45, 2.75) is 58.0 Å². The lowest BCUT2D eigenvalue weighted by molar-refractivity contribution is -0.126. The van der Waals surface area contributed by atoms with Crippen LogP contribution in [-0.4, -0.2) is 32.2 Å². The van der Waals surface area contributed by atoms with Crippen LogP contribution in [0.5, 0.6) is 0 Å². The summed E-state index contributed by atoms with van der Waals surface area (Å²) in [6, 6.07) is 2.18. The highest BCUT2D eigenvalue weighted by atomic mass is 32.1. The zero-order chi connectivity index (χ0) is 17.7. The second-order valence-corrected chi connectivity index (χ2v) is 9.50. The Labute approximate surface area is 157 Å². The van der Waals surface area contributed by atoms with E-state index in [2.05, 4.69) is 27.7 Å². The number of rotatable bonds is 5. The highest BCUT2D eigenvalue weighted by Gasteiger charge is 2.53. The van der Waals surface area contributed by atoms with Gasteiger partial charge in [0.2, 0.25) is 11.7 Å². The summed E-state index contributed by atoms with van der Waals surface area (Å²) in [5.41, 5.74) is 1.27. The second-order valence-electron chi connectivity index (χ2n) is 8.72. The lowest BCUT2D eigenvalue weighted by atomic mass is 9.48. The van der Waals surface area contributed by atoms with Crippen LogP contribution in [0.1, 0.15) is 45.4 Å². The van der Waals surface area contributed by atoms with Crippen LogP contribution in [0, 0.1) is 23.2 Å². The first-order valence-corrected chi connectivity index (χ1v) is 10.6. The van der Waals surface area contributed by atoms with Crippen LogP contribution in [0.25, 0.3) is 11.4 Å². The molecule has 0 unspecified atom stereocenters. The fraction of sp³-hybridized carbons (Fsp3) is 0.684. The van der Waals surface area contributed by atoms with Gasteiger partial charge in [-0.1, -0.05) is 0 Å². The van der Waals surface area contributed by atoms with Crippen molar-refractivity contribution in [2.75, 3.05) is 0 Å². The summed E-state index contributed by atoms with van der Waals surface area (Å²) in [7, 11) is 0. The summed E-state index contributed by atoms with van der Waals surface area (Å²) in [6.07, 6.45) is 8.16. The molecule has 0 radical (unpaired) electrons. The van der Waals surface area contributed by atoms with E-state index in [0.717, 1.165) is 23.3 Å². The number of nitrogens with zero attached hydrogens (tertiary/aromatic N) is 4. The van der Waals surface area contributed by atoms with Crippen molar-refractivity contribution in [1.82, 2.24) is 25.5 Å². The van der Waals surface area contributed by atoms with Gasteiger partial charge in [0.25, 0.3) is 0 Å². The van der Waals surface area contributed by atoms with Gasteiger partial charge in [0.1, 0.15) is 6.54 Å². The summed E-state index contributed by atoms with van der Waals surface area (Å²) < 4.78 is 0. The predicted octanol–water partition coefficient (Wildman–Crippen LogP) is 3.12. The first-order chi connectivity index (χ1) is 12.6. The maximum atomic E-state index is 12.6. The minimum atomic E-state index is -0.0116. The summed E-state index contributed by atoms with van der Waals surface area (Å²) in [5, 5.41) is 19.6. The van der Waals surface area contributed by atoms with E-state index in [1.807, 2.05) is 16.8 Å². The molecule has 4 fully saturated rings. The topological polar surface area (TPSA) is 72.7 Å². The quantitative estimate of drug-likeness (QED) is 0.876. The highest BCUT2D eigenvalue weighted by Crippen LogP contribution is 2.61. The van der Waals surface area contributed by atoms with Crippen molar-refractivity contribution in [3.63, 3.8) is 0 Å². The molecule has 2 aromatic rings. The number of amides is 1. The van der Waals surface area contributed by atoms with Crippen molar-refractivity contribution in [2.24, 2.45) is 23.2 Å². The lowest BCUT2D eigenvalue weighted by Gasteiger charge is -2.59. The average molecular weight is 372 g/mol. The highest BCUT2D eigenvalue weighted by molar-refractivity contribution is 7.08. The zero-order valence-electron chi connectivity index (χ0n) is 15.1. The van der Waals surface area contributed by atoms with Crippen molar-refractivity contribution in [3.8, 4) is 11.4 Å². The molecular formula is C19H25N5OS. The van der Waals surface area contributed by atoms with Crippen LogP contribution >= 0.6 is 11.3 Å². The SMILES string of the molecule is C[C@@H](NC(=O)Cn1nnc(-c2ccsc2)n1)C12CC3CC(CC(C3)C1)C2. The second kappa shape index (κ2) is 6.15. The van der Waals surface area contributed by atoms with Gasteiger partial charge in [-0.25, -0.2) is 0 Å². The molecule has 4 aliphatic carbocycles. The molecule has 138 valence electrons. The van der Waals surface area contributed by atoms with Gasteiger partial charge in [0.05, 0.1) is 0 Å². The Kier molecular flexibility index (Phi) is 3.88. The Hall–Kier alpha value is -1.76. The van der Waals surface area contributed by atoms with Crippen molar-refractivity contribution >= 4 is 17.2 Å². The predicted molar refractivity (Wildman–Crippen MR) is 99.3 cm³/mol. The minimum Gasteiger partial charge on any atom is -0.351 e. The van der Waals surface area contributed by atoms with E-state index in [4.69, 9.17) is 0 Å². The summed E-state index contributed by atoms with van der Waals surface area (Å²) >= 11 is 1.60. The van der Waals surface area contributed by atoms with Crippen LogP contribution in [0.3, 0.4) is 0 Å². The average Bonchev–Trinajstić information content (AvgIpc) is 3.24. The molecule has 6 nitrogen and oxygen atoms in total. The van der Waals surface area contributed by atoms with Crippen molar-refractivity contribution < 1.29 is 4.79 Å². The van der Waals surface area contributed by atoms with E-state index in [0.29, 0.717) is 11.2 Å². The molecule has 2 heterocycles. The van der Waals surface area contributed by atoms with Gasteiger partial charge in [0, 0.05) is 17.0 Å². The number of thiophene rings is 1. The molecule has 6 rings (SSSR count). The Morgan fingerprint density at radius 1 is 1.31 bits per heavy atom. The van der Waals surface area contributed by atoms with Crippen LogP contribution in [0.15, 0.2) is 16.8 Å². The molecule has 1 N–H and O–H groups in total. The summed E-state index contributed by atoms with van der Waals surface area (Å²) in [5.74, 6) is 3.25. The maximum absolute atomic E-state index is 12.6. The number of hydrogen-bond donors (Lipinski definition) is 1. The normalized spacial score (nSPS) is 33.3. The molecule has 26 heavy (non-hydrogen) atoms. The Balaban J connectivity index is 1.23. The molecule has 0 aliphatic heterocycles. The first-order valence-electron chi connectivity index (χ1n) is 9.69. The maximum Gasteiger partial charge on any atom is 0.243 e. The largest absolute Gasteiger partial charge is 0.351 e. The van der Waals surface area contributed by atoms with E-state index in [1.54, 1.807) is 11.3 Å². The number of tetrazole rings is 1. The van der Waals surface area contributed by atoms with Gasteiger partial charge in [-0.05, 0) is 85.3 Å². The van der Waals surface area contributed by atoms with Crippen LogP contribution in [0.4, 0.5) is 0 Å². The van der Waals surface area contributed by atoms with Gasteiger partial charge >= 0.3 is 0 Å². The molecule has 1 atom stereocenters. The molecule has 0 saturated heterocycles. The van der Waals surface area contributed by atoms with Gasteiger partial charge in [-0.2, -0.15) is 16.1 Å². The molecular weight excluding hydrogens is 346 g/mol. The van der Waals surface area contributed by atoms with Gasteiger partial charge in [0.15, 0.2) is 0 Å². The minimum absolute atomic E-state index is 0.0116. The van der Waals surface area contributed by atoms with Crippen LogP contribution in [-0.2, 0) is 11.3 Å². The Morgan fingerprint density at radius 2 is 2.00 bits per heavy atom. The summed E-state index contributed by atoms with van der Waals surface area (Å²) in [4.78, 5) is 14.0. The molecule has 2 aromatic heterocycles. The molecule has 1 amide bonds. The number of aromatic nitrogens is 4. The third-order valence-corrected chi connectivity index (χ3v) is 7.58. The molecule has 7 heteroatoms. The monoisotopic (exact) mass is 371 g/mol. The number of carbonyl (C=O) groups is 1. The molecule has 0 aromatic carbocycles. The third-order valence-electron chi connectivity index (χ3n) is 6.90.